The molecule has 0 spiro atoms. The summed E-state index contributed by atoms with van der Waals surface area (Å²) in [6.07, 6.45) is 14.5. The summed E-state index contributed by atoms with van der Waals surface area (Å²) in [5.74, 6) is 7.83. The van der Waals surface area contributed by atoms with Crippen molar-refractivity contribution in [2.45, 2.75) is 126 Å². The van der Waals surface area contributed by atoms with E-state index >= 15 is 0 Å². The van der Waals surface area contributed by atoms with Crippen LogP contribution in [0.5, 0.6) is 11.5 Å². The predicted molar refractivity (Wildman–Crippen MR) is 249 cm³/mol. The maximum Gasteiger partial charge on any atom is 0.161 e. The van der Waals surface area contributed by atoms with Crippen molar-refractivity contribution in [2.75, 3.05) is 31.2 Å². The minimum absolute atomic E-state index is 0.0683. The van der Waals surface area contributed by atoms with Crippen molar-refractivity contribution in [2.24, 2.45) is 41.2 Å². The normalized spacial score (nSPS) is 33.3. The van der Waals surface area contributed by atoms with Gasteiger partial charge in [-0.1, -0.05) is 83.9 Å². The van der Waals surface area contributed by atoms with Crippen LogP contribution < -0.4 is 21.1 Å². The van der Waals surface area contributed by atoms with Gasteiger partial charge in [-0.05, 0) is 105 Å². The molecule has 2 fully saturated rings. The summed E-state index contributed by atoms with van der Waals surface area (Å²) in [6, 6.07) is 9.37. The quantitative estimate of drug-likeness (QED) is 0.0732. The number of ether oxygens (including phenoxy) is 1. The number of hydrogen-bond donors (Lipinski definition) is 10. The van der Waals surface area contributed by atoms with Crippen molar-refractivity contribution in [3.05, 3.63) is 83.0 Å². The minimum atomic E-state index is -1.04. The second-order valence-corrected chi connectivity index (χ2v) is 20.9. The zero-order valence-corrected chi connectivity index (χ0v) is 37.8. The summed E-state index contributed by atoms with van der Waals surface area (Å²) in [5.41, 5.74) is 10.6. The van der Waals surface area contributed by atoms with E-state index in [2.05, 4.69) is 46.5 Å². The molecule has 1 saturated carbocycles. The van der Waals surface area contributed by atoms with E-state index in [0.29, 0.717) is 62.0 Å². The number of phenolic OH excluding ortho intramolecular Hbond substituents is 1. The van der Waals surface area contributed by atoms with Crippen molar-refractivity contribution in [1.29, 1.82) is 0 Å². The van der Waals surface area contributed by atoms with E-state index in [1.807, 2.05) is 30.5 Å². The number of aliphatic hydroxyl groups excluding tert-OH is 5. The summed E-state index contributed by atoms with van der Waals surface area (Å²) in [5, 5.41) is 75.5. The summed E-state index contributed by atoms with van der Waals surface area (Å²) in [7, 11) is 3.24. The second-order valence-electron chi connectivity index (χ2n) is 18.4. The zero-order chi connectivity index (χ0) is 43.6. The Balaban J connectivity index is 1.11. The molecule has 5 aliphatic rings. The number of aliphatic hydroxyl groups is 5. The van der Waals surface area contributed by atoms with Gasteiger partial charge in [-0.25, -0.2) is 0 Å². The van der Waals surface area contributed by atoms with Crippen molar-refractivity contribution in [3.63, 3.8) is 0 Å². The highest BCUT2D eigenvalue weighted by molar-refractivity contribution is 8.76. The van der Waals surface area contributed by atoms with Gasteiger partial charge in [-0.15, -0.1) is 0 Å². The van der Waals surface area contributed by atoms with Crippen molar-refractivity contribution in [1.82, 2.24) is 15.6 Å². The first kappa shape index (κ1) is 46.9. The molecule has 62 heavy (non-hydrogen) atoms. The molecule has 11 N–H and O–H groups in total. The van der Waals surface area contributed by atoms with E-state index in [1.165, 1.54) is 19.3 Å². The molecule has 1 saturated heterocycles. The lowest BCUT2D eigenvalue weighted by atomic mass is 9.78. The Morgan fingerprint density at radius 3 is 2.60 bits per heavy atom. The SMILES string of the molecule is CC[C@H]1C#C[C@H]2C=C[C@@H](c3ccc(O)c(O[C@H]4C[C@@H](Cc5ccc[nH]5)C5=CCNC(N)=C5CSSC[C@H](CO)[C@@H]4O)c3)C[C@@H](O)[C@H]2[C@@H](O)CC[C@H](NC[C@H](O)C2CCCCC2)C1. The van der Waals surface area contributed by atoms with Gasteiger partial charge in [-0.3, -0.25) is 0 Å². The zero-order valence-electron chi connectivity index (χ0n) is 36.2. The summed E-state index contributed by atoms with van der Waals surface area (Å²) < 4.78 is 6.73. The number of allylic oxidation sites excluding steroid dienone is 3. The summed E-state index contributed by atoms with van der Waals surface area (Å²) >= 11 is 0. The van der Waals surface area contributed by atoms with Crippen molar-refractivity contribution < 1.29 is 35.4 Å². The fraction of sp³-hybridized carbons (Fsp3) is 0.633. The molecular formula is C49H70N4O7S2. The number of aromatic nitrogens is 1. The molecule has 3 heterocycles. The molecule has 3 aliphatic carbocycles. The number of H-pyrrole nitrogens is 1. The average Bonchev–Trinajstić information content (AvgIpc) is 3.73. The molecule has 1 aromatic carbocycles. The number of phenols is 1. The fourth-order valence-corrected chi connectivity index (χ4v) is 12.9. The van der Waals surface area contributed by atoms with Crippen LogP contribution >= 0.6 is 21.6 Å². The van der Waals surface area contributed by atoms with Crippen LogP contribution in [0.3, 0.4) is 0 Å². The lowest BCUT2D eigenvalue weighted by Gasteiger charge is -2.34. The van der Waals surface area contributed by atoms with E-state index in [9.17, 15) is 30.6 Å². The summed E-state index contributed by atoms with van der Waals surface area (Å²) in [4.78, 5) is 3.34. The number of dihydropyridines is 1. The molecule has 13 heteroatoms. The smallest absolute Gasteiger partial charge is 0.161 e. The number of rotatable bonds is 11. The van der Waals surface area contributed by atoms with E-state index < -0.39 is 36.3 Å². The third-order valence-corrected chi connectivity index (χ3v) is 16.6. The predicted octanol–water partition coefficient (Wildman–Crippen LogP) is 5.89. The number of nitrogens with two attached hydrogens (primary N) is 1. The van der Waals surface area contributed by atoms with E-state index in [-0.39, 0.29) is 53.9 Å². The number of aromatic hydroxyl groups is 1. The molecule has 1 aromatic heterocycles. The average molecular weight is 891 g/mol. The van der Waals surface area contributed by atoms with Gasteiger partial charge >= 0.3 is 0 Å². The van der Waals surface area contributed by atoms with Gasteiger partial charge in [0.2, 0.25) is 0 Å². The van der Waals surface area contributed by atoms with Crippen molar-refractivity contribution >= 4 is 21.6 Å². The molecule has 0 radical (unpaired) electrons. The lowest BCUT2D eigenvalue weighted by molar-refractivity contribution is -0.0214. The number of aromatic amines is 1. The molecule has 0 unspecified atom stereocenters. The first-order chi connectivity index (χ1) is 30.1. The van der Waals surface area contributed by atoms with Crippen LogP contribution in [0.4, 0.5) is 0 Å². The van der Waals surface area contributed by atoms with Crippen molar-refractivity contribution in [3.8, 4) is 23.3 Å². The van der Waals surface area contributed by atoms with Crippen LogP contribution in [0.1, 0.15) is 94.7 Å². The van der Waals surface area contributed by atoms with Gasteiger partial charge in [0.1, 0.15) is 11.9 Å². The van der Waals surface area contributed by atoms with Gasteiger partial charge in [-0.2, -0.15) is 0 Å². The van der Waals surface area contributed by atoms with Crippen LogP contribution in [0.15, 0.2) is 71.7 Å². The molecule has 2 aliphatic heterocycles. The third-order valence-electron chi connectivity index (χ3n) is 14.2. The van der Waals surface area contributed by atoms with E-state index in [1.54, 1.807) is 33.7 Å². The highest BCUT2D eigenvalue weighted by Crippen LogP contribution is 2.42. The molecule has 12 atom stereocenters. The largest absolute Gasteiger partial charge is 0.504 e. The Labute approximate surface area is 376 Å². The Kier molecular flexibility index (Phi) is 17.2. The number of hydrogen-bond acceptors (Lipinski definition) is 12. The monoisotopic (exact) mass is 890 g/mol. The minimum Gasteiger partial charge on any atom is -0.504 e. The lowest BCUT2D eigenvalue weighted by Crippen LogP contribution is -2.42. The highest BCUT2D eigenvalue weighted by Gasteiger charge is 2.39. The third kappa shape index (κ3) is 12.0. The molecular weight excluding hydrogens is 821 g/mol. The number of nitrogens with one attached hydrogen (secondary N) is 3. The molecule has 11 nitrogen and oxygen atoms in total. The highest BCUT2D eigenvalue weighted by atomic mass is 33.1. The molecule has 2 aromatic rings. The molecule has 0 bridgehead atoms. The Morgan fingerprint density at radius 2 is 1.82 bits per heavy atom. The topological polar surface area (TPSA) is 196 Å². The van der Waals surface area contributed by atoms with Gasteiger partial charge in [0.25, 0.3) is 0 Å². The second kappa shape index (κ2) is 22.7. The summed E-state index contributed by atoms with van der Waals surface area (Å²) in [6.45, 7) is 3.07. The van der Waals surface area contributed by atoms with Crippen LogP contribution in [-0.2, 0) is 6.42 Å². The van der Waals surface area contributed by atoms with E-state index in [4.69, 9.17) is 10.5 Å². The molecule has 7 rings (SSSR count). The van der Waals surface area contributed by atoms with E-state index in [0.717, 1.165) is 54.5 Å². The van der Waals surface area contributed by atoms with Crippen LogP contribution in [-0.4, -0.2) is 103 Å². The van der Waals surface area contributed by atoms with Crippen LogP contribution in [0, 0.1) is 47.3 Å². The first-order valence-electron chi connectivity index (χ1n) is 23.2. The molecule has 0 amide bonds. The van der Waals surface area contributed by atoms with Crippen LogP contribution in [0.25, 0.3) is 0 Å². The Hall–Kier alpha value is -3.06. The van der Waals surface area contributed by atoms with Gasteiger partial charge < -0.3 is 56.7 Å². The molecule has 340 valence electrons. The van der Waals surface area contributed by atoms with Gasteiger partial charge in [0.15, 0.2) is 11.5 Å². The fourth-order valence-electron chi connectivity index (χ4n) is 10.4. The standard InChI is InChI=1S/C49H70N4O7S2/c1-2-30-10-11-32-12-13-33(23-43(57)47(32)42(56)17-15-38(21-30)53-26-44(58)31-7-4-3-5-8-31)34-14-16-41(55)45(24-34)60-46-25-35(22-37-9-6-19-51-37)39-18-20-52-49(50)40(39)29-62-61-28-36(27-54)48(46)59/h6,9,12-14,16,18-19,24,30-33,35-36,38,42-44,46-48,51-59H,2-5,7-8,15,17,20-23,25-29,50H2,1H3/t30-,32-,33+,35+,36-,38-,42-,43+,44-,46-,47+,48-/m0/s1. The van der Waals surface area contributed by atoms with Crippen LogP contribution in [0.2, 0.25) is 0 Å². The van der Waals surface area contributed by atoms with Gasteiger partial charge in [0.05, 0.1) is 24.4 Å². The number of fused-ring (bicyclic) bond motifs is 2. The maximum atomic E-state index is 12.0. The Morgan fingerprint density at radius 1 is 0.984 bits per heavy atom. The Bertz CT molecular complexity index is 1890. The first-order valence-corrected chi connectivity index (χ1v) is 25.7. The maximum absolute atomic E-state index is 12.0. The number of benzene rings is 1. The van der Waals surface area contributed by atoms with Gasteiger partial charge in [0, 0.05) is 84.3 Å².